The predicted molar refractivity (Wildman–Crippen MR) is 98.2 cm³/mol. The molecule has 0 saturated heterocycles. The van der Waals surface area contributed by atoms with Crippen LogP contribution < -0.4 is 15.4 Å². The summed E-state index contributed by atoms with van der Waals surface area (Å²) >= 11 is 0. The van der Waals surface area contributed by atoms with Gasteiger partial charge in [0.2, 0.25) is 0 Å². The summed E-state index contributed by atoms with van der Waals surface area (Å²) < 4.78 is 5.15. The van der Waals surface area contributed by atoms with Crippen molar-refractivity contribution in [1.82, 2.24) is 10.2 Å². The molecular formula is C19H25N3O2. The minimum atomic E-state index is -0.0489. The van der Waals surface area contributed by atoms with Crippen molar-refractivity contribution in [3.05, 3.63) is 54.1 Å². The summed E-state index contributed by atoms with van der Waals surface area (Å²) in [7, 11) is 5.69. The lowest BCUT2D eigenvalue weighted by Gasteiger charge is -2.11. The molecule has 2 aromatic rings. The topological polar surface area (TPSA) is 53.6 Å². The standard InChI is InChI=1S/C19H25N3O2/c1-22(2)13-5-12-20-19(23)15-6-4-7-17(14-15)21-16-8-10-18(24-3)11-9-16/h4,6-11,14,21H,5,12-13H2,1-3H3,(H,20,23). The second-order valence-electron chi connectivity index (χ2n) is 5.85. The summed E-state index contributed by atoms with van der Waals surface area (Å²) in [6.45, 7) is 1.63. The molecule has 0 atom stereocenters. The third kappa shape index (κ3) is 5.59. The molecule has 0 bridgehead atoms. The third-order valence-corrected chi connectivity index (χ3v) is 3.57. The zero-order chi connectivity index (χ0) is 17.4. The molecule has 5 heteroatoms. The monoisotopic (exact) mass is 327 g/mol. The summed E-state index contributed by atoms with van der Waals surface area (Å²) in [5.74, 6) is 0.763. The van der Waals surface area contributed by atoms with Gasteiger partial charge in [-0.2, -0.15) is 0 Å². The second-order valence-corrected chi connectivity index (χ2v) is 5.85. The number of ether oxygens (including phenoxy) is 1. The van der Waals surface area contributed by atoms with Gasteiger partial charge in [-0.05, 0) is 69.5 Å². The minimum Gasteiger partial charge on any atom is -0.497 e. The van der Waals surface area contributed by atoms with Crippen molar-refractivity contribution >= 4 is 17.3 Å². The Morgan fingerprint density at radius 1 is 1.08 bits per heavy atom. The fourth-order valence-corrected chi connectivity index (χ4v) is 2.28. The van der Waals surface area contributed by atoms with Crippen LogP contribution in [0.3, 0.4) is 0 Å². The fraction of sp³-hybridized carbons (Fsp3) is 0.316. The average molecular weight is 327 g/mol. The van der Waals surface area contributed by atoms with E-state index in [1.807, 2.05) is 62.6 Å². The Bertz CT molecular complexity index is 654. The quantitative estimate of drug-likeness (QED) is 0.732. The van der Waals surface area contributed by atoms with Gasteiger partial charge >= 0.3 is 0 Å². The molecule has 0 spiro atoms. The normalized spacial score (nSPS) is 10.5. The number of anilines is 2. The highest BCUT2D eigenvalue weighted by molar-refractivity contribution is 5.95. The number of amides is 1. The zero-order valence-corrected chi connectivity index (χ0v) is 14.5. The number of methoxy groups -OCH3 is 1. The molecule has 0 saturated carbocycles. The number of hydrogen-bond donors (Lipinski definition) is 2. The number of nitrogens with zero attached hydrogens (tertiary/aromatic N) is 1. The molecule has 2 aromatic carbocycles. The Morgan fingerprint density at radius 3 is 2.50 bits per heavy atom. The van der Waals surface area contributed by atoms with Crippen LogP contribution >= 0.6 is 0 Å². The van der Waals surface area contributed by atoms with Crippen LogP contribution in [0.4, 0.5) is 11.4 Å². The molecule has 128 valence electrons. The Hall–Kier alpha value is -2.53. The predicted octanol–water partition coefficient (Wildman–Crippen LogP) is 3.12. The molecule has 0 aliphatic rings. The third-order valence-electron chi connectivity index (χ3n) is 3.57. The second kappa shape index (κ2) is 8.93. The summed E-state index contributed by atoms with van der Waals surface area (Å²) in [6.07, 6.45) is 0.933. The molecule has 2 N–H and O–H groups in total. The summed E-state index contributed by atoms with van der Waals surface area (Å²) in [6, 6.07) is 15.1. The van der Waals surface area contributed by atoms with Gasteiger partial charge in [0.05, 0.1) is 7.11 Å². The first-order valence-corrected chi connectivity index (χ1v) is 8.02. The van der Waals surface area contributed by atoms with Crippen LogP contribution in [0.1, 0.15) is 16.8 Å². The largest absolute Gasteiger partial charge is 0.497 e. The van der Waals surface area contributed by atoms with Gasteiger partial charge in [-0.1, -0.05) is 6.07 Å². The van der Waals surface area contributed by atoms with Crippen LogP contribution in [0.5, 0.6) is 5.75 Å². The van der Waals surface area contributed by atoms with E-state index in [9.17, 15) is 4.79 Å². The Labute approximate surface area is 143 Å². The Morgan fingerprint density at radius 2 is 1.83 bits per heavy atom. The number of carbonyl (C=O) groups excluding carboxylic acids is 1. The lowest BCUT2D eigenvalue weighted by molar-refractivity contribution is 0.0952. The first kappa shape index (κ1) is 17.8. The highest BCUT2D eigenvalue weighted by Gasteiger charge is 2.06. The van der Waals surface area contributed by atoms with Crippen LogP contribution in [-0.2, 0) is 0 Å². The van der Waals surface area contributed by atoms with Crippen molar-refractivity contribution in [2.24, 2.45) is 0 Å². The molecule has 0 heterocycles. The first-order valence-electron chi connectivity index (χ1n) is 8.02. The molecule has 0 fully saturated rings. The van der Waals surface area contributed by atoms with Gasteiger partial charge in [-0.15, -0.1) is 0 Å². The number of benzene rings is 2. The number of rotatable bonds is 8. The van der Waals surface area contributed by atoms with Crippen LogP contribution in [0.15, 0.2) is 48.5 Å². The van der Waals surface area contributed by atoms with Crippen molar-refractivity contribution in [2.45, 2.75) is 6.42 Å². The van der Waals surface area contributed by atoms with Crippen LogP contribution in [-0.4, -0.2) is 45.1 Å². The lowest BCUT2D eigenvalue weighted by atomic mass is 10.1. The van der Waals surface area contributed by atoms with E-state index in [1.165, 1.54) is 0 Å². The first-order chi connectivity index (χ1) is 11.6. The van der Waals surface area contributed by atoms with E-state index in [4.69, 9.17) is 4.74 Å². The minimum absolute atomic E-state index is 0.0489. The van der Waals surface area contributed by atoms with E-state index in [2.05, 4.69) is 15.5 Å². The zero-order valence-electron chi connectivity index (χ0n) is 14.5. The van der Waals surface area contributed by atoms with Gasteiger partial charge in [0.25, 0.3) is 5.91 Å². The highest BCUT2D eigenvalue weighted by atomic mass is 16.5. The van der Waals surface area contributed by atoms with Crippen molar-refractivity contribution in [3.8, 4) is 5.75 Å². The van der Waals surface area contributed by atoms with Gasteiger partial charge in [-0.3, -0.25) is 4.79 Å². The van der Waals surface area contributed by atoms with E-state index >= 15 is 0 Å². The fourth-order valence-electron chi connectivity index (χ4n) is 2.28. The van der Waals surface area contributed by atoms with E-state index in [0.717, 1.165) is 30.1 Å². The Kier molecular flexibility index (Phi) is 6.63. The summed E-state index contributed by atoms with van der Waals surface area (Å²) in [5.41, 5.74) is 2.47. The Balaban J connectivity index is 1.93. The molecule has 0 aromatic heterocycles. The highest BCUT2D eigenvalue weighted by Crippen LogP contribution is 2.20. The summed E-state index contributed by atoms with van der Waals surface area (Å²) in [5, 5.41) is 6.24. The molecule has 0 aliphatic carbocycles. The van der Waals surface area contributed by atoms with Crippen LogP contribution in [0.2, 0.25) is 0 Å². The SMILES string of the molecule is COc1ccc(Nc2cccc(C(=O)NCCCN(C)C)c2)cc1. The smallest absolute Gasteiger partial charge is 0.251 e. The summed E-state index contributed by atoms with van der Waals surface area (Å²) in [4.78, 5) is 14.3. The lowest BCUT2D eigenvalue weighted by Crippen LogP contribution is -2.27. The molecule has 0 radical (unpaired) electrons. The molecular weight excluding hydrogens is 302 g/mol. The maximum Gasteiger partial charge on any atom is 0.251 e. The maximum atomic E-state index is 12.2. The van der Waals surface area contributed by atoms with Gasteiger partial charge in [-0.25, -0.2) is 0 Å². The van der Waals surface area contributed by atoms with Crippen LogP contribution in [0, 0.1) is 0 Å². The van der Waals surface area contributed by atoms with Crippen molar-refractivity contribution in [3.63, 3.8) is 0 Å². The molecule has 0 aliphatic heterocycles. The number of nitrogens with one attached hydrogen (secondary N) is 2. The van der Waals surface area contributed by atoms with E-state index in [1.54, 1.807) is 7.11 Å². The van der Waals surface area contributed by atoms with Gasteiger partial charge < -0.3 is 20.3 Å². The van der Waals surface area contributed by atoms with Gasteiger partial charge in [0.1, 0.15) is 5.75 Å². The maximum absolute atomic E-state index is 12.2. The molecule has 24 heavy (non-hydrogen) atoms. The molecule has 0 unspecified atom stereocenters. The van der Waals surface area contributed by atoms with Crippen LogP contribution in [0.25, 0.3) is 0 Å². The van der Waals surface area contributed by atoms with E-state index in [-0.39, 0.29) is 5.91 Å². The van der Waals surface area contributed by atoms with E-state index in [0.29, 0.717) is 12.1 Å². The van der Waals surface area contributed by atoms with E-state index < -0.39 is 0 Å². The molecule has 5 nitrogen and oxygen atoms in total. The molecule has 2 rings (SSSR count). The number of hydrogen-bond acceptors (Lipinski definition) is 4. The van der Waals surface area contributed by atoms with Gasteiger partial charge in [0.15, 0.2) is 0 Å². The number of carbonyl (C=O) groups is 1. The van der Waals surface area contributed by atoms with Crippen molar-refractivity contribution in [2.75, 3.05) is 39.6 Å². The molecule has 1 amide bonds. The van der Waals surface area contributed by atoms with Gasteiger partial charge in [0, 0.05) is 23.5 Å². The van der Waals surface area contributed by atoms with Crippen molar-refractivity contribution < 1.29 is 9.53 Å². The average Bonchev–Trinajstić information content (AvgIpc) is 2.59. The van der Waals surface area contributed by atoms with Crippen molar-refractivity contribution in [1.29, 1.82) is 0 Å².